The zero-order valence-corrected chi connectivity index (χ0v) is 15.0. The van der Waals surface area contributed by atoms with Gasteiger partial charge >= 0.3 is 0 Å². The summed E-state index contributed by atoms with van der Waals surface area (Å²) in [6, 6.07) is 12.2. The van der Waals surface area contributed by atoms with E-state index in [0.29, 0.717) is 23.5 Å². The molecule has 7 heteroatoms. The van der Waals surface area contributed by atoms with E-state index >= 15 is 0 Å². The Morgan fingerprint density at radius 3 is 2.77 bits per heavy atom. The largest absolute Gasteiger partial charge is 0.352 e. The molecule has 0 spiro atoms. The zero-order valence-electron chi connectivity index (χ0n) is 14.2. The number of aromatic nitrogens is 1. The number of hydrogen-bond acceptors (Lipinski definition) is 4. The summed E-state index contributed by atoms with van der Waals surface area (Å²) in [6.45, 7) is 1.62. The molecule has 0 fully saturated rings. The van der Waals surface area contributed by atoms with E-state index in [-0.39, 0.29) is 24.2 Å². The number of fused-ring (bicyclic) bond motifs is 1. The molecule has 2 amide bonds. The number of benzene rings is 2. The van der Waals surface area contributed by atoms with Crippen molar-refractivity contribution < 1.29 is 14.0 Å². The monoisotopic (exact) mass is 371 g/mol. The normalized spacial score (nSPS) is 10.7. The molecule has 1 heterocycles. The summed E-state index contributed by atoms with van der Waals surface area (Å²) in [5.41, 5.74) is 2.29. The molecule has 0 radical (unpaired) electrons. The molecule has 0 saturated heterocycles. The van der Waals surface area contributed by atoms with Crippen LogP contribution >= 0.6 is 11.3 Å². The first-order valence-electron chi connectivity index (χ1n) is 8.18. The van der Waals surface area contributed by atoms with Crippen LogP contribution in [-0.2, 0) is 22.6 Å². The van der Waals surface area contributed by atoms with Gasteiger partial charge < -0.3 is 10.6 Å². The van der Waals surface area contributed by atoms with Crippen molar-refractivity contribution in [2.24, 2.45) is 0 Å². The second-order valence-electron chi connectivity index (χ2n) is 5.87. The lowest BCUT2D eigenvalue weighted by molar-refractivity contribution is -0.121. The van der Waals surface area contributed by atoms with Gasteiger partial charge in [-0.1, -0.05) is 35.6 Å². The highest BCUT2D eigenvalue weighted by Gasteiger charge is 2.08. The van der Waals surface area contributed by atoms with Gasteiger partial charge in [-0.05, 0) is 30.2 Å². The van der Waals surface area contributed by atoms with Crippen LogP contribution in [0.1, 0.15) is 24.5 Å². The zero-order chi connectivity index (χ0) is 18.5. The van der Waals surface area contributed by atoms with Crippen molar-refractivity contribution in [1.82, 2.24) is 10.3 Å². The van der Waals surface area contributed by atoms with Crippen molar-refractivity contribution in [2.45, 2.75) is 26.3 Å². The van der Waals surface area contributed by atoms with Gasteiger partial charge in [0.15, 0.2) is 5.13 Å². The van der Waals surface area contributed by atoms with Crippen LogP contribution in [0.2, 0.25) is 0 Å². The number of hydrogen-bond donors (Lipinski definition) is 2. The number of thiazole rings is 1. The van der Waals surface area contributed by atoms with Crippen LogP contribution in [0, 0.1) is 5.82 Å². The first kappa shape index (κ1) is 18.0. The summed E-state index contributed by atoms with van der Waals surface area (Å²) in [5.74, 6) is -0.606. The maximum absolute atomic E-state index is 13.5. The van der Waals surface area contributed by atoms with Crippen molar-refractivity contribution >= 4 is 38.5 Å². The molecule has 134 valence electrons. The van der Waals surface area contributed by atoms with E-state index < -0.39 is 0 Å². The predicted molar refractivity (Wildman–Crippen MR) is 100 cm³/mol. The Morgan fingerprint density at radius 2 is 2.00 bits per heavy atom. The first-order valence-corrected chi connectivity index (χ1v) is 9.00. The third-order valence-corrected chi connectivity index (χ3v) is 4.74. The molecule has 3 rings (SSSR count). The Balaban J connectivity index is 1.56. The topological polar surface area (TPSA) is 71.1 Å². The van der Waals surface area contributed by atoms with Crippen molar-refractivity contribution in [3.63, 3.8) is 0 Å². The highest BCUT2D eigenvalue weighted by Crippen LogP contribution is 2.27. The lowest BCUT2D eigenvalue weighted by atomic mass is 10.1. The summed E-state index contributed by atoms with van der Waals surface area (Å²) >= 11 is 1.40. The van der Waals surface area contributed by atoms with Gasteiger partial charge in [0.05, 0.1) is 10.2 Å². The molecule has 0 aliphatic rings. The van der Waals surface area contributed by atoms with E-state index in [1.54, 1.807) is 18.2 Å². The molecule has 0 unspecified atom stereocenters. The minimum atomic E-state index is -0.321. The SMILES string of the molecule is CC(=O)Nc1nc2ccc(CCC(=O)NCc3ccccc3F)cc2s1. The number of aryl methyl sites for hydroxylation is 1. The molecule has 0 aliphatic heterocycles. The second kappa shape index (κ2) is 8.05. The Hall–Kier alpha value is -2.80. The van der Waals surface area contributed by atoms with Gasteiger partial charge in [-0.25, -0.2) is 9.37 Å². The van der Waals surface area contributed by atoms with Crippen molar-refractivity contribution in [2.75, 3.05) is 5.32 Å². The third kappa shape index (κ3) is 4.64. The summed E-state index contributed by atoms with van der Waals surface area (Å²) in [7, 11) is 0. The number of halogens is 1. The van der Waals surface area contributed by atoms with E-state index in [2.05, 4.69) is 15.6 Å². The molecule has 5 nitrogen and oxygen atoms in total. The van der Waals surface area contributed by atoms with Gasteiger partial charge in [0.1, 0.15) is 5.82 Å². The van der Waals surface area contributed by atoms with Crippen LogP contribution in [0.25, 0.3) is 10.2 Å². The highest BCUT2D eigenvalue weighted by atomic mass is 32.1. The fourth-order valence-electron chi connectivity index (χ4n) is 2.51. The lowest BCUT2D eigenvalue weighted by Crippen LogP contribution is -2.23. The van der Waals surface area contributed by atoms with Gasteiger partial charge in [0.2, 0.25) is 11.8 Å². The lowest BCUT2D eigenvalue weighted by Gasteiger charge is -2.06. The quantitative estimate of drug-likeness (QED) is 0.695. The van der Waals surface area contributed by atoms with Crippen LogP contribution in [0.5, 0.6) is 0 Å². The summed E-state index contributed by atoms with van der Waals surface area (Å²) in [6.07, 6.45) is 0.893. The van der Waals surface area contributed by atoms with Crippen molar-refractivity contribution in [3.05, 3.63) is 59.4 Å². The van der Waals surface area contributed by atoms with E-state index in [4.69, 9.17) is 0 Å². The number of amides is 2. The predicted octanol–water partition coefficient (Wildman–Crippen LogP) is 3.64. The Kier molecular flexibility index (Phi) is 5.58. The summed E-state index contributed by atoms with van der Waals surface area (Å²) in [4.78, 5) is 27.4. The molecule has 3 aromatic rings. The Labute approximate surface area is 154 Å². The summed E-state index contributed by atoms with van der Waals surface area (Å²) < 4.78 is 14.5. The van der Waals surface area contributed by atoms with Crippen LogP contribution < -0.4 is 10.6 Å². The minimum Gasteiger partial charge on any atom is -0.352 e. The molecule has 2 N–H and O–H groups in total. The van der Waals surface area contributed by atoms with E-state index in [0.717, 1.165) is 15.8 Å². The fraction of sp³-hybridized carbons (Fsp3) is 0.211. The van der Waals surface area contributed by atoms with Crippen LogP contribution in [0.15, 0.2) is 42.5 Å². The Bertz CT molecular complexity index is 955. The van der Waals surface area contributed by atoms with E-state index in [1.165, 1.54) is 24.3 Å². The Morgan fingerprint density at radius 1 is 1.19 bits per heavy atom. The second-order valence-corrected chi connectivity index (χ2v) is 6.90. The first-order chi connectivity index (χ1) is 12.5. The van der Waals surface area contributed by atoms with Gasteiger partial charge in [-0.15, -0.1) is 0 Å². The number of nitrogens with zero attached hydrogens (tertiary/aromatic N) is 1. The van der Waals surface area contributed by atoms with Crippen LogP contribution in [0.4, 0.5) is 9.52 Å². The molecule has 0 bridgehead atoms. The van der Waals surface area contributed by atoms with Gasteiger partial charge in [0, 0.05) is 25.5 Å². The number of carbonyl (C=O) groups excluding carboxylic acids is 2. The van der Waals surface area contributed by atoms with Gasteiger partial charge in [-0.3, -0.25) is 9.59 Å². The number of carbonyl (C=O) groups is 2. The third-order valence-electron chi connectivity index (χ3n) is 3.81. The molecule has 0 saturated carbocycles. The molecule has 0 atom stereocenters. The molecule has 0 aliphatic carbocycles. The average Bonchev–Trinajstić information content (AvgIpc) is 2.99. The van der Waals surface area contributed by atoms with E-state index in [9.17, 15) is 14.0 Å². The molecular weight excluding hydrogens is 353 g/mol. The fourth-order valence-corrected chi connectivity index (χ4v) is 3.49. The standard InChI is InChI=1S/C19H18FN3O2S/c1-12(24)22-19-23-16-8-6-13(10-17(16)26-19)7-9-18(25)21-11-14-4-2-3-5-15(14)20/h2-6,8,10H,7,9,11H2,1H3,(H,21,25)(H,22,23,24). The number of anilines is 1. The molecule has 26 heavy (non-hydrogen) atoms. The maximum Gasteiger partial charge on any atom is 0.223 e. The highest BCUT2D eigenvalue weighted by molar-refractivity contribution is 7.22. The van der Waals surface area contributed by atoms with Crippen molar-refractivity contribution in [1.29, 1.82) is 0 Å². The smallest absolute Gasteiger partial charge is 0.223 e. The maximum atomic E-state index is 13.5. The minimum absolute atomic E-state index is 0.128. The number of rotatable bonds is 6. The molecule has 1 aromatic heterocycles. The van der Waals surface area contributed by atoms with E-state index in [1.807, 2.05) is 18.2 Å². The molecular formula is C19H18FN3O2S. The van der Waals surface area contributed by atoms with Crippen LogP contribution in [0.3, 0.4) is 0 Å². The number of nitrogens with one attached hydrogen (secondary N) is 2. The van der Waals surface area contributed by atoms with Crippen molar-refractivity contribution in [3.8, 4) is 0 Å². The van der Waals surface area contributed by atoms with Gasteiger partial charge in [0.25, 0.3) is 0 Å². The van der Waals surface area contributed by atoms with Crippen LogP contribution in [-0.4, -0.2) is 16.8 Å². The molecule has 2 aromatic carbocycles. The van der Waals surface area contributed by atoms with Gasteiger partial charge in [-0.2, -0.15) is 0 Å². The summed E-state index contributed by atoms with van der Waals surface area (Å²) in [5, 5.41) is 5.97. The average molecular weight is 371 g/mol.